The molecular formula is C13H18IN3OS. The van der Waals surface area contributed by atoms with Gasteiger partial charge in [-0.05, 0) is 31.2 Å². The zero-order valence-electron chi connectivity index (χ0n) is 11.0. The van der Waals surface area contributed by atoms with Crippen LogP contribution in [0.25, 0.3) is 0 Å². The normalized spacial score (nSPS) is 10.9. The molecule has 6 heteroatoms. The van der Waals surface area contributed by atoms with E-state index in [1.807, 2.05) is 12.1 Å². The van der Waals surface area contributed by atoms with Crippen LogP contribution < -0.4 is 10.6 Å². The summed E-state index contributed by atoms with van der Waals surface area (Å²) in [5.74, 6) is 1.67. The van der Waals surface area contributed by atoms with Gasteiger partial charge in [0.15, 0.2) is 5.96 Å². The van der Waals surface area contributed by atoms with Gasteiger partial charge in [0.1, 0.15) is 5.76 Å². The van der Waals surface area contributed by atoms with Gasteiger partial charge in [-0.2, -0.15) is 0 Å². The summed E-state index contributed by atoms with van der Waals surface area (Å²) in [6.07, 6.45) is 1.67. The second-order valence-corrected chi connectivity index (χ2v) is 5.24. The third-order valence-electron chi connectivity index (χ3n) is 2.46. The molecule has 0 unspecified atom stereocenters. The molecule has 2 aromatic rings. The number of guanidine groups is 1. The van der Waals surface area contributed by atoms with Gasteiger partial charge in [0.2, 0.25) is 0 Å². The number of furan rings is 1. The first-order valence-corrected chi connectivity index (χ1v) is 6.62. The average Bonchev–Trinajstić information content (AvgIpc) is 3.01. The minimum atomic E-state index is 0. The van der Waals surface area contributed by atoms with Crippen molar-refractivity contribution >= 4 is 41.3 Å². The predicted octanol–water partition coefficient (Wildman–Crippen LogP) is 3.13. The number of thiophene rings is 1. The minimum Gasteiger partial charge on any atom is -0.467 e. The quantitative estimate of drug-likeness (QED) is 0.478. The van der Waals surface area contributed by atoms with Gasteiger partial charge >= 0.3 is 0 Å². The Morgan fingerprint density at radius 3 is 2.63 bits per heavy atom. The molecule has 0 aliphatic rings. The highest BCUT2D eigenvalue weighted by Gasteiger charge is 2.01. The Kier molecular flexibility index (Phi) is 6.93. The average molecular weight is 391 g/mol. The number of nitrogens with zero attached hydrogens (tertiary/aromatic N) is 1. The second-order valence-electron chi connectivity index (χ2n) is 3.87. The van der Waals surface area contributed by atoms with Gasteiger partial charge < -0.3 is 15.1 Å². The Hall–Kier alpha value is -1.02. The largest absolute Gasteiger partial charge is 0.467 e. The van der Waals surface area contributed by atoms with Crippen LogP contribution in [0.4, 0.5) is 0 Å². The molecule has 2 heterocycles. The van der Waals surface area contributed by atoms with E-state index in [2.05, 4.69) is 34.7 Å². The Morgan fingerprint density at radius 1 is 1.26 bits per heavy atom. The van der Waals surface area contributed by atoms with Crippen molar-refractivity contribution in [2.75, 3.05) is 7.05 Å². The van der Waals surface area contributed by atoms with Crippen LogP contribution >= 0.6 is 35.3 Å². The lowest BCUT2D eigenvalue weighted by molar-refractivity contribution is 0.501. The van der Waals surface area contributed by atoms with E-state index in [-0.39, 0.29) is 24.0 Å². The molecule has 0 aliphatic carbocycles. The Balaban J connectivity index is 0.00000180. The minimum absolute atomic E-state index is 0. The van der Waals surface area contributed by atoms with Crippen LogP contribution in [0, 0.1) is 6.92 Å². The van der Waals surface area contributed by atoms with Crippen LogP contribution in [0.5, 0.6) is 0 Å². The molecule has 0 saturated heterocycles. The monoisotopic (exact) mass is 391 g/mol. The number of aryl methyl sites for hydroxylation is 1. The Labute approximate surface area is 134 Å². The molecule has 0 fully saturated rings. The smallest absolute Gasteiger partial charge is 0.191 e. The van der Waals surface area contributed by atoms with Crippen LogP contribution in [0.2, 0.25) is 0 Å². The summed E-state index contributed by atoms with van der Waals surface area (Å²) in [4.78, 5) is 6.79. The zero-order chi connectivity index (χ0) is 12.8. The van der Waals surface area contributed by atoms with Crippen molar-refractivity contribution in [3.05, 3.63) is 46.0 Å². The molecule has 104 valence electrons. The lowest BCUT2D eigenvalue weighted by Crippen LogP contribution is -2.36. The highest BCUT2D eigenvalue weighted by molar-refractivity contribution is 14.0. The fourth-order valence-corrected chi connectivity index (χ4v) is 2.39. The first kappa shape index (κ1) is 16.0. The molecule has 0 radical (unpaired) electrons. The number of halogens is 1. The highest BCUT2D eigenvalue weighted by Crippen LogP contribution is 2.14. The molecule has 4 nitrogen and oxygen atoms in total. The zero-order valence-corrected chi connectivity index (χ0v) is 14.1. The van der Waals surface area contributed by atoms with Crippen LogP contribution in [-0.2, 0) is 13.1 Å². The van der Waals surface area contributed by atoms with E-state index in [9.17, 15) is 0 Å². The molecule has 19 heavy (non-hydrogen) atoms. The lowest BCUT2D eigenvalue weighted by Gasteiger charge is -2.09. The van der Waals surface area contributed by atoms with Gasteiger partial charge in [0, 0.05) is 16.8 Å². The summed E-state index contributed by atoms with van der Waals surface area (Å²) in [6.45, 7) is 3.53. The van der Waals surface area contributed by atoms with E-state index in [1.165, 1.54) is 9.75 Å². The van der Waals surface area contributed by atoms with E-state index < -0.39 is 0 Å². The molecular weight excluding hydrogens is 373 g/mol. The summed E-state index contributed by atoms with van der Waals surface area (Å²) in [6, 6.07) is 8.07. The number of rotatable bonds is 4. The van der Waals surface area contributed by atoms with Crippen molar-refractivity contribution in [2.24, 2.45) is 4.99 Å². The van der Waals surface area contributed by atoms with Crippen LogP contribution in [0.1, 0.15) is 15.5 Å². The van der Waals surface area contributed by atoms with Gasteiger partial charge in [-0.15, -0.1) is 35.3 Å². The number of nitrogens with one attached hydrogen (secondary N) is 2. The van der Waals surface area contributed by atoms with Crippen LogP contribution in [0.15, 0.2) is 39.9 Å². The van der Waals surface area contributed by atoms with Gasteiger partial charge in [-0.1, -0.05) is 0 Å². The van der Waals surface area contributed by atoms with Crippen LogP contribution in [0.3, 0.4) is 0 Å². The van der Waals surface area contributed by atoms with Crippen molar-refractivity contribution in [3.63, 3.8) is 0 Å². The summed E-state index contributed by atoms with van der Waals surface area (Å²) in [5, 5.41) is 6.47. The van der Waals surface area contributed by atoms with Crippen molar-refractivity contribution < 1.29 is 4.42 Å². The third-order valence-corrected chi connectivity index (χ3v) is 3.46. The second kappa shape index (κ2) is 8.21. The fourth-order valence-electron chi connectivity index (χ4n) is 1.56. The number of hydrogen-bond acceptors (Lipinski definition) is 3. The predicted molar refractivity (Wildman–Crippen MR) is 90.2 cm³/mol. The number of aliphatic imine (C=N–C) groups is 1. The SMILES string of the molecule is CN=C(NCc1ccco1)NCc1ccc(C)s1.I. The molecule has 2 aromatic heterocycles. The molecule has 0 aromatic carbocycles. The first-order valence-electron chi connectivity index (χ1n) is 5.80. The van der Waals surface area contributed by atoms with E-state index in [0.29, 0.717) is 6.54 Å². The summed E-state index contributed by atoms with van der Waals surface area (Å²) in [5.41, 5.74) is 0. The third kappa shape index (κ3) is 5.23. The van der Waals surface area contributed by atoms with Crippen molar-refractivity contribution in [1.82, 2.24) is 10.6 Å². The molecule has 0 atom stereocenters. The molecule has 0 saturated carbocycles. The van der Waals surface area contributed by atoms with Crippen molar-refractivity contribution in [3.8, 4) is 0 Å². The fraction of sp³-hybridized carbons (Fsp3) is 0.308. The van der Waals surface area contributed by atoms with E-state index in [1.54, 1.807) is 24.6 Å². The van der Waals surface area contributed by atoms with Crippen molar-refractivity contribution in [1.29, 1.82) is 0 Å². The van der Waals surface area contributed by atoms with Crippen molar-refractivity contribution in [2.45, 2.75) is 20.0 Å². The maximum atomic E-state index is 5.25. The molecule has 2 N–H and O–H groups in total. The maximum absolute atomic E-state index is 5.25. The van der Waals surface area contributed by atoms with Gasteiger partial charge in [0.05, 0.1) is 19.4 Å². The number of hydrogen-bond donors (Lipinski definition) is 2. The van der Waals surface area contributed by atoms with E-state index in [0.717, 1.165) is 18.3 Å². The summed E-state index contributed by atoms with van der Waals surface area (Å²) < 4.78 is 5.25. The first-order chi connectivity index (χ1) is 8.78. The molecule has 0 amide bonds. The molecule has 0 spiro atoms. The highest BCUT2D eigenvalue weighted by atomic mass is 127. The topological polar surface area (TPSA) is 49.6 Å². The van der Waals surface area contributed by atoms with Gasteiger partial charge in [0.25, 0.3) is 0 Å². The molecule has 0 bridgehead atoms. The Bertz CT molecular complexity index is 508. The van der Waals surface area contributed by atoms with Crippen LogP contribution in [-0.4, -0.2) is 13.0 Å². The summed E-state index contributed by atoms with van der Waals surface area (Å²) >= 11 is 1.79. The molecule has 0 aliphatic heterocycles. The molecule has 2 rings (SSSR count). The lowest BCUT2D eigenvalue weighted by atomic mass is 10.4. The van der Waals surface area contributed by atoms with Gasteiger partial charge in [-0.25, -0.2) is 0 Å². The maximum Gasteiger partial charge on any atom is 0.191 e. The van der Waals surface area contributed by atoms with Gasteiger partial charge in [-0.3, -0.25) is 4.99 Å². The van der Waals surface area contributed by atoms with E-state index in [4.69, 9.17) is 4.42 Å². The van der Waals surface area contributed by atoms with E-state index >= 15 is 0 Å². The summed E-state index contributed by atoms with van der Waals surface area (Å²) in [7, 11) is 1.76. The standard InChI is InChI=1S/C13H17N3OS.HI/c1-10-5-6-12(18-10)9-16-13(14-2)15-8-11-4-3-7-17-11;/h3-7H,8-9H2,1-2H3,(H2,14,15,16);1H. The Morgan fingerprint density at radius 2 is 2.05 bits per heavy atom.